The van der Waals surface area contributed by atoms with Gasteiger partial charge in [0, 0.05) is 23.7 Å². The second-order valence-electron chi connectivity index (χ2n) is 6.61. The molecule has 0 fully saturated rings. The molecule has 0 radical (unpaired) electrons. The lowest BCUT2D eigenvalue weighted by atomic mass is 10.2. The molecule has 4 aromatic rings. The first-order chi connectivity index (χ1) is 14.9. The van der Waals surface area contributed by atoms with Crippen molar-refractivity contribution in [3.63, 3.8) is 0 Å². The molecule has 156 valence electrons. The molecular weight excluding hydrogens is 439 g/mol. The summed E-state index contributed by atoms with van der Waals surface area (Å²) in [5.41, 5.74) is 2.43. The van der Waals surface area contributed by atoms with Crippen molar-refractivity contribution in [3.8, 4) is 17.1 Å². The molecule has 7 nitrogen and oxygen atoms in total. The zero-order chi connectivity index (χ0) is 22.0. The third-order valence-corrected chi connectivity index (χ3v) is 4.89. The molecule has 2 aromatic carbocycles. The normalized spacial score (nSPS) is 10.7. The topological polar surface area (TPSA) is 89.2 Å². The summed E-state index contributed by atoms with van der Waals surface area (Å²) >= 11 is 12.2. The molecule has 2 amide bonds. The van der Waals surface area contributed by atoms with Gasteiger partial charge in [-0.2, -0.15) is 5.10 Å². The Hall–Kier alpha value is -3.55. The largest absolute Gasteiger partial charge is 0.463 e. The summed E-state index contributed by atoms with van der Waals surface area (Å²) in [7, 11) is 0. The minimum atomic E-state index is -0.427. The van der Waals surface area contributed by atoms with Crippen molar-refractivity contribution in [2.75, 3.05) is 10.6 Å². The summed E-state index contributed by atoms with van der Waals surface area (Å²) in [5.74, 6) is -0.107. The van der Waals surface area contributed by atoms with Crippen LogP contribution in [0.3, 0.4) is 0 Å². The Bertz CT molecular complexity index is 1250. The highest BCUT2D eigenvalue weighted by atomic mass is 35.5. The average Bonchev–Trinajstić information content (AvgIpc) is 3.40. The number of carbonyl (C=O) groups excluding carboxylic acids is 2. The maximum absolute atomic E-state index is 12.9. The molecule has 2 N–H and O–H groups in total. The Kier molecular flexibility index (Phi) is 5.79. The van der Waals surface area contributed by atoms with E-state index in [1.165, 1.54) is 6.92 Å². The Morgan fingerprint density at radius 3 is 2.42 bits per heavy atom. The fourth-order valence-corrected chi connectivity index (χ4v) is 3.30. The Morgan fingerprint density at radius 2 is 1.77 bits per heavy atom. The molecule has 0 aliphatic carbocycles. The summed E-state index contributed by atoms with van der Waals surface area (Å²) < 4.78 is 7.11. The van der Waals surface area contributed by atoms with Crippen LogP contribution < -0.4 is 10.6 Å². The van der Waals surface area contributed by atoms with Crippen molar-refractivity contribution >= 4 is 46.4 Å². The Morgan fingerprint density at radius 1 is 1.00 bits per heavy atom. The van der Waals surface area contributed by atoms with E-state index in [0.29, 0.717) is 32.9 Å². The van der Waals surface area contributed by atoms with Crippen molar-refractivity contribution < 1.29 is 14.0 Å². The van der Waals surface area contributed by atoms with Crippen LogP contribution in [0.5, 0.6) is 0 Å². The van der Waals surface area contributed by atoms with Crippen molar-refractivity contribution in [3.05, 3.63) is 82.7 Å². The van der Waals surface area contributed by atoms with Crippen LogP contribution in [0.1, 0.15) is 17.4 Å². The number of amides is 2. The highest BCUT2D eigenvalue weighted by Gasteiger charge is 2.19. The number of benzene rings is 2. The fourth-order valence-electron chi connectivity index (χ4n) is 2.95. The van der Waals surface area contributed by atoms with Gasteiger partial charge in [0.25, 0.3) is 5.91 Å². The molecule has 4 rings (SSSR count). The number of nitrogens with zero attached hydrogens (tertiary/aromatic N) is 2. The fraction of sp³-hybridized carbons (Fsp3) is 0.0455. The van der Waals surface area contributed by atoms with Gasteiger partial charge >= 0.3 is 0 Å². The van der Waals surface area contributed by atoms with Gasteiger partial charge in [-0.25, -0.2) is 4.68 Å². The lowest BCUT2D eigenvalue weighted by molar-refractivity contribution is -0.114. The van der Waals surface area contributed by atoms with Gasteiger partial charge in [0.2, 0.25) is 5.91 Å². The van der Waals surface area contributed by atoms with E-state index in [9.17, 15) is 9.59 Å². The van der Waals surface area contributed by atoms with E-state index in [1.54, 1.807) is 71.6 Å². The third-order valence-electron chi connectivity index (χ3n) is 4.32. The van der Waals surface area contributed by atoms with Gasteiger partial charge in [-0.05, 0) is 54.6 Å². The second kappa shape index (κ2) is 8.67. The minimum Gasteiger partial charge on any atom is -0.463 e. The number of hydrogen-bond donors (Lipinski definition) is 2. The molecular formula is C22H16Cl2N4O3. The summed E-state index contributed by atoms with van der Waals surface area (Å²) in [6.07, 6.45) is 1.55. The number of nitrogens with one attached hydrogen (secondary N) is 2. The Balaban J connectivity index is 1.64. The standard InChI is InChI=1S/C22H16Cl2N4O3/c1-13(29)25-18-9-6-15(11-17(18)24)26-22(30)19-12-20(21-3-2-10-31-21)28(27-19)16-7-4-14(23)5-8-16/h2-12H,1H3,(H,25,29)(H,26,30). The van der Waals surface area contributed by atoms with E-state index in [0.717, 1.165) is 5.69 Å². The first kappa shape index (κ1) is 20.7. The predicted octanol–water partition coefficient (Wildman–Crippen LogP) is 5.65. The second-order valence-corrected chi connectivity index (χ2v) is 7.45. The molecule has 0 spiro atoms. The number of halogens is 2. The average molecular weight is 455 g/mol. The smallest absolute Gasteiger partial charge is 0.276 e. The number of furan rings is 1. The van der Waals surface area contributed by atoms with E-state index in [-0.39, 0.29) is 11.6 Å². The molecule has 2 aromatic heterocycles. The van der Waals surface area contributed by atoms with Gasteiger partial charge < -0.3 is 15.1 Å². The van der Waals surface area contributed by atoms with E-state index < -0.39 is 5.91 Å². The molecule has 0 atom stereocenters. The molecule has 2 heterocycles. The molecule has 0 bridgehead atoms. The maximum atomic E-state index is 12.9. The van der Waals surface area contributed by atoms with Gasteiger partial charge in [-0.3, -0.25) is 9.59 Å². The molecule has 0 saturated carbocycles. The Labute approximate surface area is 187 Å². The van der Waals surface area contributed by atoms with Crippen molar-refractivity contribution in [2.45, 2.75) is 6.92 Å². The zero-order valence-electron chi connectivity index (χ0n) is 16.2. The van der Waals surface area contributed by atoms with Crippen molar-refractivity contribution in [1.29, 1.82) is 0 Å². The number of rotatable bonds is 5. The number of carbonyl (C=O) groups is 2. The summed E-state index contributed by atoms with van der Waals surface area (Å²) in [6, 6.07) is 17.0. The summed E-state index contributed by atoms with van der Waals surface area (Å²) in [6.45, 7) is 1.39. The lowest BCUT2D eigenvalue weighted by Crippen LogP contribution is -2.13. The number of hydrogen-bond acceptors (Lipinski definition) is 4. The summed E-state index contributed by atoms with van der Waals surface area (Å²) in [4.78, 5) is 24.1. The van der Waals surface area contributed by atoms with Crippen LogP contribution in [-0.2, 0) is 4.79 Å². The first-order valence-corrected chi connectivity index (χ1v) is 9.94. The maximum Gasteiger partial charge on any atom is 0.276 e. The molecule has 31 heavy (non-hydrogen) atoms. The van der Waals surface area contributed by atoms with Gasteiger partial charge in [-0.1, -0.05) is 23.2 Å². The van der Waals surface area contributed by atoms with Crippen LogP contribution in [0.2, 0.25) is 10.0 Å². The molecule has 0 aliphatic heterocycles. The first-order valence-electron chi connectivity index (χ1n) is 9.19. The number of anilines is 2. The molecule has 0 unspecified atom stereocenters. The van der Waals surface area contributed by atoms with Crippen LogP contribution in [0.25, 0.3) is 17.1 Å². The van der Waals surface area contributed by atoms with Crippen LogP contribution >= 0.6 is 23.2 Å². The quantitative estimate of drug-likeness (QED) is 0.407. The van der Waals surface area contributed by atoms with E-state index in [2.05, 4.69) is 15.7 Å². The minimum absolute atomic E-state index is 0.184. The van der Waals surface area contributed by atoms with Gasteiger partial charge in [0.15, 0.2) is 11.5 Å². The zero-order valence-corrected chi connectivity index (χ0v) is 17.7. The predicted molar refractivity (Wildman–Crippen MR) is 120 cm³/mol. The van der Waals surface area contributed by atoms with Crippen LogP contribution in [0.15, 0.2) is 71.3 Å². The molecule has 9 heteroatoms. The van der Waals surface area contributed by atoms with E-state index >= 15 is 0 Å². The highest BCUT2D eigenvalue weighted by molar-refractivity contribution is 6.34. The number of aromatic nitrogens is 2. The SMILES string of the molecule is CC(=O)Nc1ccc(NC(=O)c2cc(-c3ccco3)n(-c3ccc(Cl)cc3)n2)cc1Cl. The molecule has 0 saturated heterocycles. The van der Waals surface area contributed by atoms with E-state index in [1.807, 2.05) is 0 Å². The summed E-state index contributed by atoms with van der Waals surface area (Å²) in [5, 5.41) is 10.7. The third kappa shape index (κ3) is 4.63. The van der Waals surface area contributed by atoms with Crippen LogP contribution in [0.4, 0.5) is 11.4 Å². The van der Waals surface area contributed by atoms with Gasteiger partial charge in [-0.15, -0.1) is 0 Å². The molecule has 0 aliphatic rings. The van der Waals surface area contributed by atoms with Crippen molar-refractivity contribution in [1.82, 2.24) is 9.78 Å². The monoisotopic (exact) mass is 454 g/mol. The van der Waals surface area contributed by atoms with Crippen LogP contribution in [-0.4, -0.2) is 21.6 Å². The van der Waals surface area contributed by atoms with Gasteiger partial charge in [0.05, 0.1) is 22.7 Å². The van der Waals surface area contributed by atoms with E-state index in [4.69, 9.17) is 27.6 Å². The van der Waals surface area contributed by atoms with Crippen LogP contribution in [0, 0.1) is 0 Å². The van der Waals surface area contributed by atoms with Gasteiger partial charge in [0.1, 0.15) is 5.69 Å². The lowest BCUT2D eigenvalue weighted by Gasteiger charge is -2.08. The van der Waals surface area contributed by atoms with Crippen molar-refractivity contribution in [2.24, 2.45) is 0 Å². The highest BCUT2D eigenvalue weighted by Crippen LogP contribution is 2.28.